The number of hydrogen-bond acceptors (Lipinski definition) is 3. The molecule has 1 aromatic carbocycles. The molecule has 2 atom stereocenters. The molecule has 3 nitrogen and oxygen atoms in total. The molecule has 0 unspecified atom stereocenters. The third-order valence-electron chi connectivity index (χ3n) is 6.25. The summed E-state index contributed by atoms with van der Waals surface area (Å²) in [4.78, 5) is 12.4. The molecule has 0 spiro atoms. The zero-order valence-electron chi connectivity index (χ0n) is 19.5. The highest BCUT2D eigenvalue weighted by Gasteiger charge is 2.29. The first kappa shape index (κ1) is 24.8. The Labute approximate surface area is 184 Å². The fraction of sp³-hybridized carbons (Fsp3) is 0.741. The average Bonchev–Trinajstić information content (AvgIpc) is 2.77. The summed E-state index contributed by atoms with van der Waals surface area (Å²) in [5.74, 6) is 1.25. The lowest BCUT2D eigenvalue weighted by Gasteiger charge is -2.31. The van der Waals surface area contributed by atoms with Gasteiger partial charge in [-0.25, -0.2) is 0 Å². The van der Waals surface area contributed by atoms with E-state index in [0.717, 1.165) is 50.9 Å². The van der Waals surface area contributed by atoms with E-state index in [2.05, 4.69) is 38.1 Å². The number of esters is 1. The van der Waals surface area contributed by atoms with Gasteiger partial charge in [0.2, 0.25) is 0 Å². The lowest BCUT2D eigenvalue weighted by Crippen LogP contribution is -2.28. The van der Waals surface area contributed by atoms with Crippen molar-refractivity contribution >= 4 is 5.97 Å². The van der Waals surface area contributed by atoms with Crippen molar-refractivity contribution in [3.63, 3.8) is 0 Å². The highest BCUT2D eigenvalue weighted by atomic mass is 16.5. The zero-order chi connectivity index (χ0) is 21.4. The molecule has 1 aliphatic rings. The Hall–Kier alpha value is -1.51. The SMILES string of the molecule is CCCCCCCCCCCC(=O)O[C@@H]1CCCC[C@H]1c1ccc(OCCC)cc1. The molecule has 1 saturated carbocycles. The van der Waals surface area contributed by atoms with Gasteiger partial charge in [0.1, 0.15) is 11.9 Å². The molecule has 0 amide bonds. The molecular weight excluding hydrogens is 372 g/mol. The largest absolute Gasteiger partial charge is 0.494 e. The third-order valence-corrected chi connectivity index (χ3v) is 6.25. The van der Waals surface area contributed by atoms with Gasteiger partial charge in [0.25, 0.3) is 0 Å². The normalized spacial score (nSPS) is 18.9. The topological polar surface area (TPSA) is 35.5 Å². The van der Waals surface area contributed by atoms with E-state index in [1.54, 1.807) is 0 Å². The van der Waals surface area contributed by atoms with E-state index >= 15 is 0 Å². The number of unbranched alkanes of at least 4 members (excludes halogenated alkanes) is 8. The minimum Gasteiger partial charge on any atom is -0.494 e. The second-order valence-corrected chi connectivity index (χ2v) is 8.92. The zero-order valence-corrected chi connectivity index (χ0v) is 19.5. The van der Waals surface area contributed by atoms with E-state index in [9.17, 15) is 4.79 Å². The summed E-state index contributed by atoms with van der Waals surface area (Å²) in [7, 11) is 0. The minimum absolute atomic E-state index is 0.00209. The summed E-state index contributed by atoms with van der Waals surface area (Å²) in [5, 5.41) is 0. The Balaban J connectivity index is 1.68. The van der Waals surface area contributed by atoms with Gasteiger partial charge in [-0.3, -0.25) is 4.79 Å². The van der Waals surface area contributed by atoms with Gasteiger partial charge in [-0.1, -0.05) is 83.8 Å². The van der Waals surface area contributed by atoms with Crippen LogP contribution in [-0.2, 0) is 9.53 Å². The average molecular weight is 417 g/mol. The van der Waals surface area contributed by atoms with Crippen molar-refractivity contribution < 1.29 is 14.3 Å². The summed E-state index contributed by atoms with van der Waals surface area (Å²) in [6.07, 6.45) is 17.5. The van der Waals surface area contributed by atoms with Crippen molar-refractivity contribution in [1.29, 1.82) is 0 Å². The molecule has 3 heteroatoms. The van der Waals surface area contributed by atoms with Crippen molar-refractivity contribution in [1.82, 2.24) is 0 Å². The van der Waals surface area contributed by atoms with Crippen molar-refractivity contribution in [2.24, 2.45) is 0 Å². The molecule has 0 radical (unpaired) electrons. The first-order valence-corrected chi connectivity index (χ1v) is 12.7. The summed E-state index contributed by atoms with van der Waals surface area (Å²) >= 11 is 0. The number of carbonyl (C=O) groups excluding carboxylic acids is 1. The van der Waals surface area contributed by atoms with E-state index in [0.29, 0.717) is 12.3 Å². The second kappa shape index (κ2) is 15.3. The van der Waals surface area contributed by atoms with E-state index in [-0.39, 0.29) is 12.1 Å². The number of hydrogen-bond donors (Lipinski definition) is 0. The van der Waals surface area contributed by atoms with Gasteiger partial charge in [0.05, 0.1) is 6.61 Å². The Morgan fingerprint density at radius 1 is 0.833 bits per heavy atom. The van der Waals surface area contributed by atoms with Gasteiger partial charge in [0, 0.05) is 12.3 Å². The monoisotopic (exact) mass is 416 g/mol. The molecule has 2 rings (SSSR count). The molecule has 0 bridgehead atoms. The van der Waals surface area contributed by atoms with E-state index in [4.69, 9.17) is 9.47 Å². The molecule has 1 aromatic rings. The predicted octanol–water partition coefficient (Wildman–Crippen LogP) is 7.97. The summed E-state index contributed by atoms with van der Waals surface area (Å²) in [5.41, 5.74) is 1.28. The maximum Gasteiger partial charge on any atom is 0.306 e. The van der Waals surface area contributed by atoms with Gasteiger partial charge in [-0.05, 0) is 49.8 Å². The molecule has 0 N–H and O–H groups in total. The van der Waals surface area contributed by atoms with Crippen molar-refractivity contribution in [2.75, 3.05) is 6.61 Å². The highest BCUT2D eigenvalue weighted by molar-refractivity contribution is 5.69. The van der Waals surface area contributed by atoms with Crippen LogP contribution in [0.3, 0.4) is 0 Å². The smallest absolute Gasteiger partial charge is 0.306 e. The first-order chi connectivity index (χ1) is 14.7. The lowest BCUT2D eigenvalue weighted by molar-refractivity contribution is -0.151. The van der Waals surface area contributed by atoms with Gasteiger partial charge >= 0.3 is 5.97 Å². The molecule has 1 fully saturated rings. The fourth-order valence-electron chi connectivity index (χ4n) is 4.46. The fourth-order valence-corrected chi connectivity index (χ4v) is 4.46. The van der Waals surface area contributed by atoms with Crippen LogP contribution >= 0.6 is 0 Å². The van der Waals surface area contributed by atoms with Crippen LogP contribution < -0.4 is 4.74 Å². The summed E-state index contributed by atoms with van der Waals surface area (Å²) < 4.78 is 11.7. The molecule has 0 aromatic heterocycles. The van der Waals surface area contributed by atoms with Crippen molar-refractivity contribution in [3.05, 3.63) is 29.8 Å². The van der Waals surface area contributed by atoms with Crippen LogP contribution in [0.1, 0.15) is 122 Å². The van der Waals surface area contributed by atoms with Crippen LogP contribution in [0.15, 0.2) is 24.3 Å². The number of ether oxygens (including phenoxy) is 2. The molecular formula is C27H44O3. The van der Waals surface area contributed by atoms with Crippen LogP contribution in [0.2, 0.25) is 0 Å². The maximum atomic E-state index is 12.4. The number of rotatable bonds is 15. The van der Waals surface area contributed by atoms with E-state index in [1.807, 2.05) is 0 Å². The summed E-state index contributed by atoms with van der Waals surface area (Å²) in [6.45, 7) is 5.12. The Morgan fingerprint density at radius 2 is 1.47 bits per heavy atom. The third kappa shape index (κ3) is 9.53. The minimum atomic E-state index is -0.00209. The van der Waals surface area contributed by atoms with Gasteiger partial charge in [-0.2, -0.15) is 0 Å². The van der Waals surface area contributed by atoms with Gasteiger partial charge in [0.15, 0.2) is 0 Å². The Kier molecular flexibility index (Phi) is 12.6. The molecule has 0 aliphatic heterocycles. The number of benzene rings is 1. The van der Waals surface area contributed by atoms with E-state index in [1.165, 1.54) is 56.9 Å². The van der Waals surface area contributed by atoms with Crippen LogP contribution in [0.25, 0.3) is 0 Å². The van der Waals surface area contributed by atoms with Gasteiger partial charge < -0.3 is 9.47 Å². The highest BCUT2D eigenvalue weighted by Crippen LogP contribution is 2.36. The maximum absolute atomic E-state index is 12.4. The van der Waals surface area contributed by atoms with Gasteiger partial charge in [-0.15, -0.1) is 0 Å². The Bertz CT molecular complexity index is 566. The predicted molar refractivity (Wildman–Crippen MR) is 125 cm³/mol. The van der Waals surface area contributed by atoms with Crippen LogP contribution in [-0.4, -0.2) is 18.7 Å². The van der Waals surface area contributed by atoms with E-state index < -0.39 is 0 Å². The first-order valence-electron chi connectivity index (χ1n) is 12.7. The van der Waals surface area contributed by atoms with Crippen molar-refractivity contribution in [3.8, 4) is 5.75 Å². The standard InChI is InChI=1S/C27H44O3/c1-3-5-6-7-8-9-10-11-12-17-27(28)30-26-16-14-13-15-25(26)23-18-20-24(21-19-23)29-22-4-2/h18-21,25-26H,3-17,22H2,1-2H3/t25-,26+/m0/s1. The quantitative estimate of drug-likeness (QED) is 0.215. The lowest BCUT2D eigenvalue weighted by atomic mass is 9.81. The number of carbonyl (C=O) groups is 1. The molecule has 30 heavy (non-hydrogen) atoms. The summed E-state index contributed by atoms with van der Waals surface area (Å²) in [6, 6.07) is 8.42. The molecule has 0 saturated heterocycles. The van der Waals surface area contributed by atoms with Crippen LogP contribution in [0.4, 0.5) is 0 Å². The van der Waals surface area contributed by atoms with Crippen LogP contribution in [0, 0.1) is 0 Å². The molecule has 1 aliphatic carbocycles. The molecule has 170 valence electrons. The Morgan fingerprint density at radius 3 is 2.13 bits per heavy atom. The second-order valence-electron chi connectivity index (χ2n) is 8.92. The molecule has 0 heterocycles. The van der Waals surface area contributed by atoms with Crippen molar-refractivity contribution in [2.45, 2.75) is 122 Å². The van der Waals surface area contributed by atoms with Crippen LogP contribution in [0.5, 0.6) is 5.75 Å².